The maximum absolute atomic E-state index is 10.5. The molecule has 0 radical (unpaired) electrons. The summed E-state index contributed by atoms with van der Waals surface area (Å²) in [5, 5.41) is 10.5. The molecule has 9 atom stereocenters. The van der Waals surface area contributed by atoms with Gasteiger partial charge in [-0.3, -0.25) is 11.3 Å². The van der Waals surface area contributed by atoms with Crippen LogP contribution in [0.1, 0.15) is 78.6 Å². The van der Waals surface area contributed by atoms with Gasteiger partial charge >= 0.3 is 0 Å². The predicted molar refractivity (Wildman–Crippen MR) is 98.0 cm³/mol. The second-order valence-electron chi connectivity index (χ2n) is 10.4. The van der Waals surface area contributed by atoms with Crippen molar-refractivity contribution in [1.29, 1.82) is 0 Å². The summed E-state index contributed by atoms with van der Waals surface area (Å²) in [5.41, 5.74) is 3.17. The molecule has 3 nitrogen and oxygen atoms in total. The second-order valence-corrected chi connectivity index (χ2v) is 10.4. The smallest absolute Gasteiger partial charge is 0.0622 e. The van der Waals surface area contributed by atoms with Crippen molar-refractivity contribution in [2.45, 2.75) is 90.2 Å². The van der Waals surface area contributed by atoms with E-state index in [1.54, 1.807) is 0 Å². The van der Waals surface area contributed by atoms with Crippen LogP contribution in [-0.2, 0) is 0 Å². The number of rotatable bonds is 2. The fraction of sp³-hybridized carbons (Fsp3) is 1.00. The highest BCUT2D eigenvalue weighted by atomic mass is 16.3. The Hall–Kier alpha value is -0.120. The molecule has 0 aromatic rings. The Labute approximate surface area is 148 Å². The minimum atomic E-state index is -0.391. The largest absolute Gasteiger partial charge is 0.390 e. The third kappa shape index (κ3) is 2.57. The Morgan fingerprint density at radius 2 is 1.71 bits per heavy atom. The molecule has 0 bridgehead atoms. The molecule has 138 valence electrons. The average molecular weight is 335 g/mol. The molecular formula is C21H38N2O. The maximum Gasteiger partial charge on any atom is 0.0622 e. The molecule has 0 saturated heterocycles. The van der Waals surface area contributed by atoms with Gasteiger partial charge < -0.3 is 5.11 Å². The van der Waals surface area contributed by atoms with E-state index in [1.807, 2.05) is 0 Å². The monoisotopic (exact) mass is 334 g/mol. The lowest BCUT2D eigenvalue weighted by atomic mass is 9.49. The Morgan fingerprint density at radius 3 is 2.46 bits per heavy atom. The summed E-state index contributed by atoms with van der Waals surface area (Å²) in [7, 11) is 0. The lowest BCUT2D eigenvalue weighted by Gasteiger charge is -2.57. The minimum absolute atomic E-state index is 0.391. The molecule has 3 heteroatoms. The summed E-state index contributed by atoms with van der Waals surface area (Å²) >= 11 is 0. The molecule has 4 aliphatic rings. The van der Waals surface area contributed by atoms with E-state index in [1.165, 1.54) is 44.9 Å². The first-order valence-electron chi connectivity index (χ1n) is 10.5. The van der Waals surface area contributed by atoms with E-state index in [0.29, 0.717) is 11.5 Å². The Balaban J connectivity index is 1.53. The zero-order valence-electron chi connectivity index (χ0n) is 15.9. The van der Waals surface area contributed by atoms with Gasteiger partial charge in [-0.25, -0.2) is 0 Å². The van der Waals surface area contributed by atoms with Gasteiger partial charge in [-0.1, -0.05) is 6.92 Å². The second kappa shape index (κ2) is 5.96. The van der Waals surface area contributed by atoms with Crippen LogP contribution in [0.2, 0.25) is 0 Å². The van der Waals surface area contributed by atoms with Gasteiger partial charge in [-0.05, 0) is 113 Å². The van der Waals surface area contributed by atoms with Crippen LogP contribution in [0.4, 0.5) is 0 Å². The zero-order chi connectivity index (χ0) is 17.1. The van der Waals surface area contributed by atoms with E-state index in [-0.39, 0.29) is 0 Å². The maximum atomic E-state index is 10.5. The molecule has 4 N–H and O–H groups in total. The molecule has 0 aromatic heterocycles. The van der Waals surface area contributed by atoms with Crippen molar-refractivity contribution in [3.05, 3.63) is 0 Å². The molecule has 4 saturated carbocycles. The number of aliphatic hydroxyl groups is 1. The quantitative estimate of drug-likeness (QED) is 0.531. The van der Waals surface area contributed by atoms with E-state index in [0.717, 1.165) is 48.3 Å². The van der Waals surface area contributed by atoms with Gasteiger partial charge in [0.05, 0.1) is 5.60 Å². The molecule has 0 heterocycles. The van der Waals surface area contributed by atoms with Crippen molar-refractivity contribution >= 4 is 0 Å². The van der Waals surface area contributed by atoms with Crippen LogP contribution in [-0.4, -0.2) is 16.7 Å². The zero-order valence-corrected chi connectivity index (χ0v) is 15.9. The highest BCUT2D eigenvalue weighted by molar-refractivity contribution is 5.08. The van der Waals surface area contributed by atoms with Crippen molar-refractivity contribution in [2.24, 2.45) is 46.8 Å². The molecule has 0 amide bonds. The fourth-order valence-corrected chi connectivity index (χ4v) is 8.06. The third-order valence-corrected chi connectivity index (χ3v) is 9.18. The molecule has 1 unspecified atom stereocenters. The molecule has 24 heavy (non-hydrogen) atoms. The molecule has 4 fully saturated rings. The van der Waals surface area contributed by atoms with Gasteiger partial charge in [0.1, 0.15) is 0 Å². The number of hydrogen-bond acceptors (Lipinski definition) is 3. The Bertz CT molecular complexity index is 478. The summed E-state index contributed by atoms with van der Waals surface area (Å²) < 4.78 is 0. The summed E-state index contributed by atoms with van der Waals surface area (Å²) in [6.07, 6.45) is 11.7. The van der Waals surface area contributed by atoms with Crippen molar-refractivity contribution in [3.8, 4) is 0 Å². The van der Waals surface area contributed by atoms with E-state index in [9.17, 15) is 5.11 Å². The Morgan fingerprint density at radius 1 is 0.958 bits per heavy atom. The SMILES string of the molecule is CC(NN)[C@H]1CC[C@H]2[C@@H]3CC[C@@H]4C[C@](C)(O)CC[C@@H]4[C@H]3CC[C@]12C. The number of nitrogens with two attached hydrogens (primary N) is 1. The topological polar surface area (TPSA) is 58.3 Å². The number of fused-ring (bicyclic) bond motifs is 5. The van der Waals surface area contributed by atoms with E-state index in [4.69, 9.17) is 5.84 Å². The fourth-order valence-electron chi connectivity index (χ4n) is 8.06. The highest BCUT2D eigenvalue weighted by Crippen LogP contribution is 2.65. The van der Waals surface area contributed by atoms with Crippen molar-refractivity contribution in [2.75, 3.05) is 0 Å². The minimum Gasteiger partial charge on any atom is -0.390 e. The van der Waals surface area contributed by atoms with Crippen molar-refractivity contribution in [3.63, 3.8) is 0 Å². The normalized spacial score (nSPS) is 55.4. The summed E-state index contributed by atoms with van der Waals surface area (Å²) in [6, 6.07) is 0.442. The van der Waals surface area contributed by atoms with Crippen LogP contribution in [0, 0.1) is 40.9 Å². The molecule has 0 spiro atoms. The van der Waals surface area contributed by atoms with Gasteiger partial charge in [0.15, 0.2) is 0 Å². The third-order valence-electron chi connectivity index (χ3n) is 9.18. The summed E-state index contributed by atoms with van der Waals surface area (Å²) in [5.74, 6) is 11.1. The van der Waals surface area contributed by atoms with Gasteiger partial charge in [0.25, 0.3) is 0 Å². The van der Waals surface area contributed by atoms with Crippen LogP contribution in [0.5, 0.6) is 0 Å². The standard InChI is InChI=1S/C21H38N2O/c1-13(23-22)18-6-7-19-17-5-4-14-12-20(2,24)10-8-15(14)16(17)9-11-21(18,19)3/h13-19,23-24H,4-12,22H2,1-3H3/t13?,14-,15+,16-,17-,18-,19+,20-,21-/m1/s1. The van der Waals surface area contributed by atoms with Crippen molar-refractivity contribution in [1.82, 2.24) is 5.43 Å². The van der Waals surface area contributed by atoms with Gasteiger partial charge in [0.2, 0.25) is 0 Å². The number of hydrogen-bond donors (Lipinski definition) is 3. The average Bonchev–Trinajstić information content (AvgIpc) is 2.90. The molecule has 4 rings (SSSR count). The first-order chi connectivity index (χ1) is 11.4. The van der Waals surface area contributed by atoms with Crippen LogP contribution in [0.15, 0.2) is 0 Å². The summed E-state index contributed by atoms with van der Waals surface area (Å²) in [6.45, 7) is 6.93. The predicted octanol–water partition coefficient (Wildman–Crippen LogP) is 3.86. The molecule has 4 aliphatic carbocycles. The van der Waals surface area contributed by atoms with E-state index < -0.39 is 5.60 Å². The first kappa shape index (κ1) is 17.3. The van der Waals surface area contributed by atoms with Gasteiger partial charge in [-0.15, -0.1) is 0 Å². The summed E-state index contributed by atoms with van der Waals surface area (Å²) in [4.78, 5) is 0. The van der Waals surface area contributed by atoms with E-state index in [2.05, 4.69) is 26.2 Å². The van der Waals surface area contributed by atoms with Gasteiger partial charge in [0, 0.05) is 6.04 Å². The highest BCUT2D eigenvalue weighted by Gasteiger charge is 2.58. The lowest BCUT2D eigenvalue weighted by Crippen LogP contribution is -2.52. The molecule has 0 aliphatic heterocycles. The van der Waals surface area contributed by atoms with Crippen LogP contribution in [0.25, 0.3) is 0 Å². The molecule has 0 aromatic carbocycles. The lowest BCUT2D eigenvalue weighted by molar-refractivity contribution is -0.101. The number of nitrogens with one attached hydrogen (secondary N) is 1. The number of hydrazine groups is 1. The van der Waals surface area contributed by atoms with E-state index >= 15 is 0 Å². The van der Waals surface area contributed by atoms with Crippen LogP contribution >= 0.6 is 0 Å². The molecular weight excluding hydrogens is 296 g/mol. The Kier molecular flexibility index (Phi) is 4.29. The first-order valence-corrected chi connectivity index (χ1v) is 10.5. The van der Waals surface area contributed by atoms with Crippen molar-refractivity contribution < 1.29 is 5.11 Å². The van der Waals surface area contributed by atoms with Crippen LogP contribution < -0.4 is 11.3 Å². The van der Waals surface area contributed by atoms with Gasteiger partial charge in [-0.2, -0.15) is 0 Å². The van der Waals surface area contributed by atoms with Crippen LogP contribution in [0.3, 0.4) is 0 Å².